The van der Waals surface area contributed by atoms with E-state index in [1.165, 1.54) is 0 Å². The molecule has 1 aromatic carbocycles. The summed E-state index contributed by atoms with van der Waals surface area (Å²) in [6.45, 7) is 3.14. The Labute approximate surface area is 207 Å². The molecule has 2 N–H and O–H groups in total. The van der Waals surface area contributed by atoms with E-state index in [0.29, 0.717) is 50.9 Å². The van der Waals surface area contributed by atoms with Crippen LogP contribution >= 0.6 is 11.3 Å². The van der Waals surface area contributed by atoms with Crippen molar-refractivity contribution in [1.29, 1.82) is 0 Å². The third kappa shape index (κ3) is 4.09. The number of hydrogen-bond acceptors (Lipinski definition) is 9. The highest BCUT2D eigenvalue weighted by atomic mass is 32.1. The monoisotopic (exact) mass is 495 g/mol. The number of anilines is 2. The first-order chi connectivity index (χ1) is 17.1. The molecule has 2 bridgehead atoms. The number of carbonyl (C=O) groups excluding carboxylic acids is 1. The summed E-state index contributed by atoms with van der Waals surface area (Å²) in [5, 5.41) is 3.21. The number of carbonyl (C=O) groups is 1. The van der Waals surface area contributed by atoms with Crippen LogP contribution in [0.25, 0.3) is 21.3 Å². The Hall–Kier alpha value is -2.95. The topological polar surface area (TPSA) is 103 Å². The van der Waals surface area contributed by atoms with Crippen LogP contribution < -0.4 is 20.3 Å². The lowest BCUT2D eigenvalue weighted by atomic mass is 10.0. The van der Waals surface area contributed by atoms with Crippen LogP contribution in [0.5, 0.6) is 5.75 Å². The molecule has 3 atom stereocenters. The van der Waals surface area contributed by atoms with Gasteiger partial charge in [0, 0.05) is 29.6 Å². The highest BCUT2D eigenvalue weighted by Gasteiger charge is 2.40. The fourth-order valence-corrected chi connectivity index (χ4v) is 6.46. The van der Waals surface area contributed by atoms with Gasteiger partial charge in [0.05, 0.1) is 56.9 Å². The molecule has 0 aliphatic carbocycles. The van der Waals surface area contributed by atoms with Crippen molar-refractivity contribution in [2.75, 3.05) is 49.8 Å². The number of nitrogens with two attached hydrogens (primary N) is 1. The van der Waals surface area contributed by atoms with Gasteiger partial charge in [-0.3, -0.25) is 4.79 Å². The van der Waals surface area contributed by atoms with Crippen molar-refractivity contribution in [2.24, 2.45) is 5.73 Å². The van der Waals surface area contributed by atoms with E-state index < -0.39 is 0 Å². The Morgan fingerprint density at radius 1 is 1.20 bits per heavy atom. The average molecular weight is 496 g/mol. The summed E-state index contributed by atoms with van der Waals surface area (Å²) in [6.07, 6.45) is 2.13. The molecule has 3 saturated heterocycles. The molecule has 184 valence electrons. The number of fused-ring (bicyclic) bond motifs is 3. The smallest absolute Gasteiger partial charge is 0.228 e. The Kier molecular flexibility index (Phi) is 5.95. The second kappa shape index (κ2) is 9.25. The summed E-state index contributed by atoms with van der Waals surface area (Å²) in [5.74, 6) is 2.10. The molecule has 5 heterocycles. The van der Waals surface area contributed by atoms with Crippen LogP contribution in [0.15, 0.2) is 29.6 Å². The van der Waals surface area contributed by atoms with E-state index in [9.17, 15) is 4.79 Å². The van der Waals surface area contributed by atoms with Gasteiger partial charge in [-0.15, -0.1) is 11.3 Å². The molecule has 2 aromatic heterocycles. The number of thiophene rings is 1. The number of amides is 1. The van der Waals surface area contributed by atoms with Crippen LogP contribution in [0.3, 0.4) is 0 Å². The quantitative estimate of drug-likeness (QED) is 0.557. The number of methoxy groups -OCH3 is 1. The summed E-state index contributed by atoms with van der Waals surface area (Å²) in [6, 6.07) is 8.69. The largest absolute Gasteiger partial charge is 0.496 e. The zero-order valence-electron chi connectivity index (χ0n) is 19.7. The maximum atomic E-state index is 11.5. The third-order valence-corrected chi connectivity index (χ3v) is 8.01. The molecule has 3 aliphatic rings. The van der Waals surface area contributed by atoms with E-state index in [1.807, 2.05) is 18.2 Å². The molecule has 9 nitrogen and oxygen atoms in total. The normalized spacial score (nSPS) is 24.2. The van der Waals surface area contributed by atoms with Crippen molar-refractivity contribution in [3.8, 4) is 16.9 Å². The maximum Gasteiger partial charge on any atom is 0.228 e. The van der Waals surface area contributed by atoms with Gasteiger partial charge in [0.15, 0.2) is 0 Å². The van der Waals surface area contributed by atoms with Crippen molar-refractivity contribution in [3.05, 3.63) is 29.6 Å². The SMILES string of the molecule is COc1ccccc1-c1csc2nc(N3CCOC(CC(N)=O)C3)nc(N3C4CCC3COC4)c12. The van der Waals surface area contributed by atoms with Gasteiger partial charge in [0.2, 0.25) is 11.9 Å². The summed E-state index contributed by atoms with van der Waals surface area (Å²) < 4.78 is 17.3. The van der Waals surface area contributed by atoms with Crippen LogP contribution in [-0.4, -0.2) is 74.1 Å². The minimum absolute atomic E-state index is 0.191. The van der Waals surface area contributed by atoms with E-state index >= 15 is 0 Å². The lowest BCUT2D eigenvalue weighted by Gasteiger charge is -2.37. The van der Waals surface area contributed by atoms with Gasteiger partial charge in [-0.1, -0.05) is 18.2 Å². The van der Waals surface area contributed by atoms with Crippen molar-refractivity contribution in [1.82, 2.24) is 9.97 Å². The highest BCUT2D eigenvalue weighted by molar-refractivity contribution is 7.17. The highest BCUT2D eigenvalue weighted by Crippen LogP contribution is 2.45. The van der Waals surface area contributed by atoms with Gasteiger partial charge in [-0.25, -0.2) is 4.98 Å². The number of hydrogen-bond donors (Lipinski definition) is 1. The first-order valence-electron chi connectivity index (χ1n) is 12.1. The predicted molar refractivity (Wildman–Crippen MR) is 135 cm³/mol. The van der Waals surface area contributed by atoms with E-state index in [2.05, 4.69) is 21.2 Å². The Bertz CT molecular complexity index is 1230. The van der Waals surface area contributed by atoms with Crippen molar-refractivity contribution >= 4 is 39.2 Å². The Balaban J connectivity index is 1.48. The number of primary amides is 1. The minimum Gasteiger partial charge on any atom is -0.496 e. The number of rotatable bonds is 6. The summed E-state index contributed by atoms with van der Waals surface area (Å²) in [7, 11) is 1.70. The molecule has 0 spiro atoms. The summed E-state index contributed by atoms with van der Waals surface area (Å²) in [5.41, 5.74) is 7.55. The molecule has 10 heteroatoms. The molecule has 0 radical (unpaired) electrons. The van der Waals surface area contributed by atoms with Gasteiger partial charge in [-0.2, -0.15) is 4.98 Å². The summed E-state index contributed by atoms with van der Waals surface area (Å²) >= 11 is 1.62. The molecule has 6 rings (SSSR count). The predicted octanol–water partition coefficient (Wildman–Crippen LogP) is 2.82. The van der Waals surface area contributed by atoms with Crippen LogP contribution in [0.2, 0.25) is 0 Å². The van der Waals surface area contributed by atoms with Crippen molar-refractivity contribution in [2.45, 2.75) is 37.5 Å². The fraction of sp³-hybridized carbons (Fsp3) is 0.480. The second-order valence-electron chi connectivity index (χ2n) is 9.32. The number of aromatic nitrogens is 2. The molecular formula is C25H29N5O4S. The molecule has 3 unspecified atom stereocenters. The number of morpholine rings is 2. The zero-order chi connectivity index (χ0) is 23.9. The van der Waals surface area contributed by atoms with E-state index in [0.717, 1.165) is 45.8 Å². The molecule has 0 saturated carbocycles. The molecule has 3 aromatic rings. The number of para-hydroxylation sites is 1. The van der Waals surface area contributed by atoms with Gasteiger partial charge in [0.1, 0.15) is 16.4 Å². The van der Waals surface area contributed by atoms with Gasteiger partial charge >= 0.3 is 0 Å². The van der Waals surface area contributed by atoms with Crippen LogP contribution in [-0.2, 0) is 14.3 Å². The fourth-order valence-electron chi connectivity index (χ4n) is 5.53. The minimum atomic E-state index is -0.362. The molecule has 3 aliphatic heterocycles. The van der Waals surface area contributed by atoms with Gasteiger partial charge < -0.3 is 29.7 Å². The van der Waals surface area contributed by atoms with Gasteiger partial charge in [0.25, 0.3) is 0 Å². The maximum absolute atomic E-state index is 11.5. The number of ether oxygens (including phenoxy) is 3. The zero-order valence-corrected chi connectivity index (χ0v) is 20.5. The summed E-state index contributed by atoms with van der Waals surface area (Å²) in [4.78, 5) is 27.2. The van der Waals surface area contributed by atoms with Gasteiger partial charge in [-0.05, 0) is 18.9 Å². The Morgan fingerprint density at radius 2 is 2.00 bits per heavy atom. The average Bonchev–Trinajstić information content (AvgIpc) is 3.40. The Morgan fingerprint density at radius 3 is 2.77 bits per heavy atom. The van der Waals surface area contributed by atoms with Crippen LogP contribution in [0, 0.1) is 0 Å². The number of nitrogens with zero attached hydrogens (tertiary/aromatic N) is 4. The van der Waals surface area contributed by atoms with E-state index in [-0.39, 0.29) is 18.4 Å². The second-order valence-corrected chi connectivity index (χ2v) is 10.2. The number of benzene rings is 1. The van der Waals surface area contributed by atoms with E-state index in [4.69, 9.17) is 29.9 Å². The molecule has 1 amide bonds. The van der Waals surface area contributed by atoms with Crippen molar-refractivity contribution < 1.29 is 19.0 Å². The van der Waals surface area contributed by atoms with Crippen LogP contribution in [0.1, 0.15) is 19.3 Å². The molecule has 35 heavy (non-hydrogen) atoms. The standard InChI is InChI=1S/C25H29N5O4S/c1-32-20-5-3-2-4-18(20)19-14-35-24-22(19)23(30-15-6-7-16(30)13-33-12-15)27-25(28-24)29-8-9-34-17(11-29)10-21(26)31/h2-5,14-17H,6-13H2,1H3,(H2,26,31). The first-order valence-corrected chi connectivity index (χ1v) is 12.9. The third-order valence-electron chi connectivity index (χ3n) is 7.14. The lowest BCUT2D eigenvalue weighted by Crippen LogP contribution is -2.47. The first kappa shape index (κ1) is 22.5. The van der Waals surface area contributed by atoms with Crippen molar-refractivity contribution in [3.63, 3.8) is 0 Å². The van der Waals surface area contributed by atoms with Crippen LogP contribution in [0.4, 0.5) is 11.8 Å². The lowest BCUT2D eigenvalue weighted by molar-refractivity contribution is -0.121. The molecular weight excluding hydrogens is 466 g/mol. The van der Waals surface area contributed by atoms with E-state index in [1.54, 1.807) is 18.4 Å². The molecule has 3 fully saturated rings.